The zero-order valence-corrected chi connectivity index (χ0v) is 9.96. The highest BCUT2D eigenvalue weighted by atomic mass is 32.2. The van der Waals surface area contributed by atoms with E-state index in [-0.39, 0.29) is 6.54 Å². The molecule has 1 heterocycles. The lowest BCUT2D eigenvalue weighted by Crippen LogP contribution is -2.43. The maximum Gasteiger partial charge on any atom is 0.279 e. The molecule has 0 aromatic rings. The van der Waals surface area contributed by atoms with Crippen LogP contribution in [0.1, 0.15) is 32.6 Å². The van der Waals surface area contributed by atoms with Crippen LogP contribution in [0.15, 0.2) is 0 Å². The Morgan fingerprint density at radius 2 is 1.80 bits per heavy atom. The van der Waals surface area contributed by atoms with Crippen LogP contribution in [0.4, 0.5) is 0 Å². The Kier molecular flexibility index (Phi) is 4.98. The Balaban J connectivity index is 2.51. The summed E-state index contributed by atoms with van der Waals surface area (Å²) in [6, 6.07) is 0. The van der Waals surface area contributed by atoms with Crippen molar-refractivity contribution >= 4 is 10.2 Å². The molecule has 0 bridgehead atoms. The van der Waals surface area contributed by atoms with E-state index in [0.717, 1.165) is 25.7 Å². The topological polar surface area (TPSA) is 69.6 Å². The number of nitrogens with one attached hydrogen (secondary N) is 1. The van der Waals surface area contributed by atoms with Crippen molar-refractivity contribution in [1.29, 1.82) is 0 Å². The van der Waals surface area contributed by atoms with Gasteiger partial charge in [0.1, 0.15) is 0 Å². The molecule has 5 nitrogen and oxygen atoms in total. The molecular formula is C9H20N2O3S. The molecule has 0 spiro atoms. The van der Waals surface area contributed by atoms with Crippen LogP contribution in [-0.4, -0.2) is 43.6 Å². The summed E-state index contributed by atoms with van der Waals surface area (Å²) in [5.41, 5.74) is 0. The third-order valence-electron chi connectivity index (χ3n) is 2.47. The summed E-state index contributed by atoms with van der Waals surface area (Å²) in [5.74, 6) is 0. The van der Waals surface area contributed by atoms with E-state index in [9.17, 15) is 8.42 Å². The van der Waals surface area contributed by atoms with Crippen molar-refractivity contribution in [1.82, 2.24) is 9.03 Å². The zero-order valence-electron chi connectivity index (χ0n) is 9.15. The fourth-order valence-corrected chi connectivity index (χ4v) is 2.97. The average Bonchev–Trinajstić information content (AvgIpc) is 2.43. The summed E-state index contributed by atoms with van der Waals surface area (Å²) in [5, 5.41) is 9.02. The molecule has 1 rings (SSSR count). The van der Waals surface area contributed by atoms with Gasteiger partial charge in [0.05, 0.1) is 6.10 Å². The van der Waals surface area contributed by atoms with Gasteiger partial charge in [-0.05, 0) is 19.8 Å². The SMILES string of the molecule is C[C@@H](O)CNS(=O)(=O)N1CCCCCC1. The van der Waals surface area contributed by atoms with E-state index in [4.69, 9.17) is 5.11 Å². The van der Waals surface area contributed by atoms with Crippen molar-refractivity contribution in [2.75, 3.05) is 19.6 Å². The second-order valence-corrected chi connectivity index (χ2v) is 5.77. The van der Waals surface area contributed by atoms with Gasteiger partial charge in [0, 0.05) is 19.6 Å². The van der Waals surface area contributed by atoms with Crippen LogP contribution in [0.2, 0.25) is 0 Å². The lowest BCUT2D eigenvalue weighted by molar-refractivity contribution is 0.197. The first-order valence-corrected chi connectivity index (χ1v) is 6.89. The van der Waals surface area contributed by atoms with E-state index in [1.54, 1.807) is 6.92 Å². The van der Waals surface area contributed by atoms with Gasteiger partial charge < -0.3 is 5.11 Å². The van der Waals surface area contributed by atoms with Crippen LogP contribution in [0.5, 0.6) is 0 Å². The molecule has 0 radical (unpaired) electrons. The molecule has 0 aromatic heterocycles. The molecule has 0 saturated carbocycles. The first kappa shape index (κ1) is 12.9. The molecule has 6 heteroatoms. The summed E-state index contributed by atoms with van der Waals surface area (Å²) in [6.45, 7) is 2.83. The highest BCUT2D eigenvalue weighted by Gasteiger charge is 2.22. The third kappa shape index (κ3) is 4.46. The smallest absolute Gasteiger partial charge is 0.279 e. The Hall–Kier alpha value is -0.170. The van der Waals surface area contributed by atoms with E-state index in [2.05, 4.69) is 4.72 Å². The second kappa shape index (κ2) is 5.79. The Bertz CT molecular complexity index is 269. The fourth-order valence-electron chi connectivity index (χ4n) is 1.60. The van der Waals surface area contributed by atoms with Gasteiger partial charge in [0.2, 0.25) is 0 Å². The maximum absolute atomic E-state index is 11.7. The summed E-state index contributed by atoms with van der Waals surface area (Å²) in [7, 11) is -3.38. The van der Waals surface area contributed by atoms with E-state index in [1.165, 1.54) is 4.31 Å². The van der Waals surface area contributed by atoms with Crippen molar-refractivity contribution in [2.24, 2.45) is 0 Å². The van der Waals surface area contributed by atoms with Gasteiger partial charge in [-0.2, -0.15) is 17.4 Å². The molecule has 0 unspecified atom stereocenters. The number of hydrogen-bond donors (Lipinski definition) is 2. The molecule has 0 amide bonds. The molecular weight excluding hydrogens is 216 g/mol. The van der Waals surface area contributed by atoms with Crippen LogP contribution >= 0.6 is 0 Å². The second-order valence-electron chi connectivity index (χ2n) is 4.02. The van der Waals surface area contributed by atoms with Crippen molar-refractivity contribution < 1.29 is 13.5 Å². The number of aliphatic hydroxyl groups excluding tert-OH is 1. The molecule has 1 saturated heterocycles. The summed E-state index contributed by atoms with van der Waals surface area (Å²) >= 11 is 0. The largest absolute Gasteiger partial charge is 0.392 e. The number of hydrogen-bond acceptors (Lipinski definition) is 3. The molecule has 2 N–H and O–H groups in total. The minimum absolute atomic E-state index is 0.0822. The third-order valence-corrected chi connectivity index (χ3v) is 4.04. The van der Waals surface area contributed by atoms with Crippen molar-refractivity contribution in [2.45, 2.75) is 38.7 Å². The highest BCUT2D eigenvalue weighted by Crippen LogP contribution is 2.12. The Morgan fingerprint density at radius 1 is 1.27 bits per heavy atom. The molecule has 1 fully saturated rings. The summed E-state index contributed by atoms with van der Waals surface area (Å²) < 4.78 is 27.4. The van der Waals surface area contributed by atoms with Gasteiger partial charge in [-0.25, -0.2) is 0 Å². The van der Waals surface area contributed by atoms with Crippen LogP contribution < -0.4 is 4.72 Å². The van der Waals surface area contributed by atoms with E-state index in [1.807, 2.05) is 0 Å². The fraction of sp³-hybridized carbons (Fsp3) is 1.00. The predicted molar refractivity (Wildman–Crippen MR) is 58.6 cm³/mol. The van der Waals surface area contributed by atoms with Crippen LogP contribution in [-0.2, 0) is 10.2 Å². The van der Waals surface area contributed by atoms with E-state index >= 15 is 0 Å². The molecule has 0 aromatic carbocycles. The van der Waals surface area contributed by atoms with Crippen LogP contribution in [0.25, 0.3) is 0 Å². The molecule has 1 aliphatic heterocycles. The number of rotatable bonds is 4. The lowest BCUT2D eigenvalue weighted by Gasteiger charge is -2.20. The van der Waals surface area contributed by atoms with Crippen molar-refractivity contribution in [3.63, 3.8) is 0 Å². The summed E-state index contributed by atoms with van der Waals surface area (Å²) in [6.07, 6.45) is 3.41. The normalized spacial score (nSPS) is 22.3. The van der Waals surface area contributed by atoms with Crippen molar-refractivity contribution in [3.05, 3.63) is 0 Å². The monoisotopic (exact) mass is 236 g/mol. The van der Waals surface area contributed by atoms with Gasteiger partial charge >= 0.3 is 0 Å². The van der Waals surface area contributed by atoms with Gasteiger partial charge in [-0.15, -0.1) is 0 Å². The lowest BCUT2D eigenvalue weighted by atomic mass is 10.2. The van der Waals surface area contributed by atoms with Gasteiger partial charge in [-0.3, -0.25) is 0 Å². The Morgan fingerprint density at radius 3 is 2.27 bits per heavy atom. The molecule has 15 heavy (non-hydrogen) atoms. The number of nitrogens with zero attached hydrogens (tertiary/aromatic N) is 1. The minimum Gasteiger partial charge on any atom is -0.392 e. The standard InChI is InChI=1S/C9H20N2O3S/c1-9(12)8-10-15(13,14)11-6-4-2-3-5-7-11/h9-10,12H,2-8H2,1H3/t9-/m1/s1. The first-order chi connectivity index (χ1) is 7.02. The predicted octanol–water partition coefficient (Wildman–Crippen LogP) is 0.0776. The van der Waals surface area contributed by atoms with Crippen LogP contribution in [0.3, 0.4) is 0 Å². The maximum atomic E-state index is 11.7. The average molecular weight is 236 g/mol. The van der Waals surface area contributed by atoms with Gasteiger partial charge in [0.15, 0.2) is 0 Å². The van der Waals surface area contributed by atoms with E-state index < -0.39 is 16.3 Å². The quantitative estimate of drug-likeness (QED) is 0.726. The van der Waals surface area contributed by atoms with Gasteiger partial charge in [0.25, 0.3) is 10.2 Å². The van der Waals surface area contributed by atoms with Crippen molar-refractivity contribution in [3.8, 4) is 0 Å². The molecule has 1 aliphatic rings. The number of aliphatic hydroxyl groups is 1. The minimum atomic E-state index is -3.38. The molecule has 1 atom stereocenters. The summed E-state index contributed by atoms with van der Waals surface area (Å²) in [4.78, 5) is 0. The first-order valence-electron chi connectivity index (χ1n) is 5.45. The zero-order chi connectivity index (χ0) is 11.3. The van der Waals surface area contributed by atoms with E-state index in [0.29, 0.717) is 13.1 Å². The molecule has 90 valence electrons. The van der Waals surface area contributed by atoms with Crippen LogP contribution in [0, 0.1) is 0 Å². The Labute approximate surface area is 91.7 Å². The highest BCUT2D eigenvalue weighted by molar-refractivity contribution is 7.87. The van der Waals surface area contributed by atoms with Gasteiger partial charge in [-0.1, -0.05) is 12.8 Å². The molecule has 0 aliphatic carbocycles.